The molecule has 168 valence electrons. The van der Waals surface area contributed by atoms with Gasteiger partial charge >= 0.3 is 0 Å². The second-order valence-electron chi connectivity index (χ2n) is 8.28. The fraction of sp³-hybridized carbons (Fsp3) is 0.200. The van der Waals surface area contributed by atoms with Gasteiger partial charge < -0.3 is 19.3 Å². The number of hydrogen-bond acceptors (Lipinski definition) is 6. The smallest absolute Gasteiger partial charge is 0.268 e. The first-order valence-corrected chi connectivity index (χ1v) is 12.0. The third kappa shape index (κ3) is 3.02. The van der Waals surface area contributed by atoms with Crippen molar-refractivity contribution in [2.45, 2.75) is 23.8 Å². The number of aryl methyl sites for hydroxylation is 1. The zero-order chi connectivity index (χ0) is 22.7. The predicted octanol–water partition coefficient (Wildman–Crippen LogP) is 4.13. The Hall–Kier alpha value is -3.49. The zero-order valence-corrected chi connectivity index (χ0v) is 18.6. The van der Waals surface area contributed by atoms with Gasteiger partial charge in [-0.2, -0.15) is 0 Å². The molecule has 4 aromatic rings. The lowest BCUT2D eigenvalue weighted by molar-refractivity contribution is 0.159. The topological polar surface area (TPSA) is 87.0 Å². The molecule has 0 spiro atoms. The fourth-order valence-electron chi connectivity index (χ4n) is 4.66. The molecule has 1 aromatic heterocycles. The number of aromatic nitrogens is 1. The molecule has 2 atom stereocenters. The van der Waals surface area contributed by atoms with Gasteiger partial charge in [-0.1, -0.05) is 23.8 Å². The Morgan fingerprint density at radius 2 is 1.73 bits per heavy atom. The highest BCUT2D eigenvalue weighted by molar-refractivity contribution is 7.90. The highest BCUT2D eigenvalue weighted by Crippen LogP contribution is 2.50. The van der Waals surface area contributed by atoms with Crippen LogP contribution in [0.2, 0.25) is 0 Å². The van der Waals surface area contributed by atoms with Crippen molar-refractivity contribution >= 4 is 20.9 Å². The van der Waals surface area contributed by atoms with Crippen molar-refractivity contribution in [3.05, 3.63) is 83.6 Å². The average Bonchev–Trinajstić information content (AvgIpc) is 3.54. The first kappa shape index (κ1) is 20.1. The van der Waals surface area contributed by atoms with Gasteiger partial charge in [0.15, 0.2) is 11.5 Å². The molecule has 0 amide bonds. The summed E-state index contributed by atoms with van der Waals surface area (Å²) < 4.78 is 45.1. The summed E-state index contributed by atoms with van der Waals surface area (Å²) in [5, 5.41) is 11.0. The summed E-state index contributed by atoms with van der Waals surface area (Å²) in [4.78, 5) is 0.222. The largest absolute Gasteiger partial charge is 0.485 e. The molecule has 3 heterocycles. The Morgan fingerprint density at radius 3 is 2.52 bits per heavy atom. The summed E-state index contributed by atoms with van der Waals surface area (Å²) >= 11 is 0. The Labute approximate surface area is 190 Å². The Kier molecular flexibility index (Phi) is 4.43. The van der Waals surface area contributed by atoms with E-state index in [1.54, 1.807) is 48.7 Å². The van der Waals surface area contributed by atoms with Crippen LogP contribution >= 0.6 is 0 Å². The second-order valence-corrected chi connectivity index (χ2v) is 10.1. The van der Waals surface area contributed by atoms with Gasteiger partial charge in [0.05, 0.1) is 22.9 Å². The number of aliphatic hydroxyl groups excluding tert-OH is 1. The Bertz CT molecular complexity index is 1490. The maximum absolute atomic E-state index is 13.3. The van der Waals surface area contributed by atoms with E-state index >= 15 is 0 Å². The van der Waals surface area contributed by atoms with Crippen molar-refractivity contribution in [3.63, 3.8) is 0 Å². The lowest BCUT2D eigenvalue weighted by atomic mass is 9.90. The quantitative estimate of drug-likeness (QED) is 0.490. The van der Waals surface area contributed by atoms with Crippen molar-refractivity contribution in [3.8, 4) is 17.2 Å². The van der Waals surface area contributed by atoms with E-state index in [-0.39, 0.29) is 24.2 Å². The van der Waals surface area contributed by atoms with E-state index in [2.05, 4.69) is 0 Å². The van der Waals surface area contributed by atoms with Crippen LogP contribution in [0.15, 0.2) is 71.8 Å². The first-order chi connectivity index (χ1) is 16.0. The van der Waals surface area contributed by atoms with Crippen LogP contribution in [0.1, 0.15) is 28.7 Å². The lowest BCUT2D eigenvalue weighted by Crippen LogP contribution is -2.13. The molecule has 2 aliphatic heterocycles. The molecule has 0 fully saturated rings. The molecule has 2 unspecified atom stereocenters. The molecule has 1 N–H and O–H groups in total. The fourth-order valence-corrected chi connectivity index (χ4v) is 6.01. The van der Waals surface area contributed by atoms with Crippen LogP contribution in [0.5, 0.6) is 17.2 Å². The van der Waals surface area contributed by atoms with Crippen molar-refractivity contribution in [2.75, 3.05) is 13.4 Å². The molecule has 0 bridgehead atoms. The van der Waals surface area contributed by atoms with Gasteiger partial charge in [0.25, 0.3) is 10.0 Å². The standard InChI is InChI=1S/C25H21NO6S/c1-15-2-5-17(6-3-15)33(28,29)26-11-10-18-20(26)7-9-22-24(18)19(13-27)25(32-22)16-4-8-21-23(12-16)31-14-30-21/h2-12,19,25,27H,13-14H2,1H3. The highest BCUT2D eigenvalue weighted by Gasteiger charge is 2.38. The number of benzene rings is 3. The minimum atomic E-state index is -3.77. The van der Waals surface area contributed by atoms with Crippen molar-refractivity contribution < 1.29 is 27.7 Å². The molecule has 0 aliphatic carbocycles. The Balaban J connectivity index is 1.44. The van der Waals surface area contributed by atoms with Gasteiger partial charge in [-0.05, 0) is 55.0 Å². The lowest BCUT2D eigenvalue weighted by Gasteiger charge is -2.18. The first-order valence-electron chi connectivity index (χ1n) is 10.6. The van der Waals surface area contributed by atoms with E-state index in [0.29, 0.717) is 22.8 Å². The van der Waals surface area contributed by atoms with E-state index in [1.165, 1.54) is 3.97 Å². The van der Waals surface area contributed by atoms with Crippen LogP contribution in [-0.4, -0.2) is 30.9 Å². The molecule has 0 saturated heterocycles. The van der Waals surface area contributed by atoms with Crippen molar-refractivity contribution in [1.82, 2.24) is 3.97 Å². The molecule has 3 aromatic carbocycles. The molecular weight excluding hydrogens is 442 g/mol. The number of nitrogens with zero attached hydrogens (tertiary/aromatic N) is 1. The second kappa shape index (κ2) is 7.26. The van der Waals surface area contributed by atoms with Crippen LogP contribution in [0.4, 0.5) is 0 Å². The van der Waals surface area contributed by atoms with Gasteiger partial charge in [0, 0.05) is 17.1 Å². The average molecular weight is 464 g/mol. The number of hydrogen-bond donors (Lipinski definition) is 1. The SMILES string of the molecule is Cc1ccc(S(=O)(=O)n2ccc3c4c(ccc32)OC(c2ccc3c(c2)OCO3)C4CO)cc1. The van der Waals surface area contributed by atoms with E-state index in [9.17, 15) is 13.5 Å². The summed E-state index contributed by atoms with van der Waals surface area (Å²) in [6, 6.07) is 17.7. The monoisotopic (exact) mass is 463 g/mol. The van der Waals surface area contributed by atoms with Gasteiger partial charge in [0.2, 0.25) is 6.79 Å². The van der Waals surface area contributed by atoms with E-state index in [0.717, 1.165) is 22.1 Å². The number of rotatable bonds is 4. The van der Waals surface area contributed by atoms with Crippen LogP contribution in [0.25, 0.3) is 10.9 Å². The number of ether oxygens (including phenoxy) is 3. The van der Waals surface area contributed by atoms with E-state index in [4.69, 9.17) is 14.2 Å². The minimum Gasteiger partial charge on any atom is -0.485 e. The van der Waals surface area contributed by atoms with Crippen LogP contribution in [-0.2, 0) is 10.0 Å². The van der Waals surface area contributed by atoms with E-state index in [1.807, 2.05) is 25.1 Å². The summed E-state index contributed by atoms with van der Waals surface area (Å²) in [6.45, 7) is 1.94. The summed E-state index contributed by atoms with van der Waals surface area (Å²) in [5.41, 5.74) is 3.19. The zero-order valence-electron chi connectivity index (χ0n) is 17.8. The van der Waals surface area contributed by atoms with Crippen LogP contribution < -0.4 is 14.2 Å². The molecule has 33 heavy (non-hydrogen) atoms. The van der Waals surface area contributed by atoms with Crippen molar-refractivity contribution in [2.24, 2.45) is 0 Å². The van der Waals surface area contributed by atoms with E-state index < -0.39 is 16.1 Å². The van der Waals surface area contributed by atoms with Gasteiger partial charge in [-0.3, -0.25) is 0 Å². The summed E-state index contributed by atoms with van der Waals surface area (Å²) in [6.07, 6.45) is 1.13. The molecule has 7 nitrogen and oxygen atoms in total. The van der Waals surface area contributed by atoms with Gasteiger partial charge in [0.1, 0.15) is 11.9 Å². The van der Waals surface area contributed by atoms with Gasteiger partial charge in [-0.25, -0.2) is 12.4 Å². The number of aliphatic hydroxyl groups is 1. The normalized spacial score (nSPS) is 19.0. The van der Waals surface area contributed by atoms with Crippen LogP contribution in [0, 0.1) is 6.92 Å². The third-order valence-electron chi connectivity index (χ3n) is 6.33. The number of fused-ring (bicyclic) bond motifs is 4. The maximum Gasteiger partial charge on any atom is 0.268 e. The predicted molar refractivity (Wildman–Crippen MR) is 121 cm³/mol. The molecular formula is C25H21NO6S. The highest BCUT2D eigenvalue weighted by atomic mass is 32.2. The molecule has 8 heteroatoms. The molecule has 0 radical (unpaired) electrons. The summed E-state index contributed by atoms with van der Waals surface area (Å²) in [5.74, 6) is 1.59. The summed E-state index contributed by atoms with van der Waals surface area (Å²) in [7, 11) is -3.77. The molecule has 2 aliphatic rings. The Morgan fingerprint density at radius 1 is 0.970 bits per heavy atom. The van der Waals surface area contributed by atoms with Gasteiger partial charge in [-0.15, -0.1) is 0 Å². The minimum absolute atomic E-state index is 0.152. The maximum atomic E-state index is 13.3. The molecule has 6 rings (SSSR count). The van der Waals surface area contributed by atoms with Crippen LogP contribution in [0.3, 0.4) is 0 Å². The molecule has 0 saturated carbocycles. The van der Waals surface area contributed by atoms with Crippen molar-refractivity contribution in [1.29, 1.82) is 0 Å². The third-order valence-corrected chi connectivity index (χ3v) is 8.03.